The number of fused-ring (bicyclic) bond motifs is 1. The Morgan fingerprint density at radius 1 is 1.19 bits per heavy atom. The lowest BCUT2D eigenvalue weighted by Gasteiger charge is -2.29. The monoisotopic (exact) mass is 291 g/mol. The molecule has 1 aromatic carbocycles. The van der Waals surface area contributed by atoms with Gasteiger partial charge in [0.15, 0.2) is 11.5 Å². The molecule has 0 bridgehead atoms. The molecule has 1 saturated heterocycles. The summed E-state index contributed by atoms with van der Waals surface area (Å²) in [6.07, 6.45) is 1.99. The Balaban J connectivity index is 1.70. The number of para-hydroxylation sites is 1. The van der Waals surface area contributed by atoms with Crippen molar-refractivity contribution in [3.63, 3.8) is 0 Å². The fraction of sp³-hybridized carbons (Fsp3) is 0.562. The van der Waals surface area contributed by atoms with Crippen LogP contribution in [0.25, 0.3) is 0 Å². The van der Waals surface area contributed by atoms with Gasteiger partial charge in [-0.3, -0.25) is 4.79 Å². The molecular weight excluding hydrogens is 270 g/mol. The standard InChI is InChI=1S/C16H21NO4/c1-11(12-5-7-19-8-6-12)17-16(18)13-3-2-4-14-15(13)21-10-9-20-14/h2-4,11-12H,5-10H2,1H3,(H,17,18). The quantitative estimate of drug-likeness (QED) is 0.925. The average molecular weight is 291 g/mol. The number of nitrogens with one attached hydrogen (secondary N) is 1. The molecule has 0 spiro atoms. The van der Waals surface area contributed by atoms with Crippen LogP contribution in [0.5, 0.6) is 11.5 Å². The maximum atomic E-state index is 12.5. The lowest BCUT2D eigenvalue weighted by Crippen LogP contribution is -2.40. The van der Waals surface area contributed by atoms with Crippen molar-refractivity contribution in [1.29, 1.82) is 0 Å². The second kappa shape index (κ2) is 6.35. The molecular formula is C16H21NO4. The number of benzene rings is 1. The molecule has 1 fully saturated rings. The second-order valence-corrected chi connectivity index (χ2v) is 5.54. The first-order valence-electron chi connectivity index (χ1n) is 7.53. The molecule has 5 heteroatoms. The topological polar surface area (TPSA) is 56.8 Å². The van der Waals surface area contributed by atoms with E-state index < -0.39 is 0 Å². The van der Waals surface area contributed by atoms with E-state index in [4.69, 9.17) is 14.2 Å². The van der Waals surface area contributed by atoms with Gasteiger partial charge in [0.2, 0.25) is 0 Å². The molecule has 0 aromatic heterocycles. The summed E-state index contributed by atoms with van der Waals surface area (Å²) in [4.78, 5) is 12.5. The van der Waals surface area contributed by atoms with E-state index in [0.29, 0.717) is 36.2 Å². The zero-order valence-corrected chi connectivity index (χ0v) is 12.3. The molecule has 114 valence electrons. The summed E-state index contributed by atoms with van der Waals surface area (Å²) in [5.41, 5.74) is 0.547. The van der Waals surface area contributed by atoms with E-state index in [1.807, 2.05) is 12.1 Å². The van der Waals surface area contributed by atoms with Gasteiger partial charge >= 0.3 is 0 Å². The van der Waals surface area contributed by atoms with E-state index >= 15 is 0 Å². The Morgan fingerprint density at radius 2 is 1.95 bits per heavy atom. The van der Waals surface area contributed by atoms with E-state index in [9.17, 15) is 4.79 Å². The molecule has 5 nitrogen and oxygen atoms in total. The highest BCUT2D eigenvalue weighted by atomic mass is 16.6. The molecule has 1 aromatic rings. The molecule has 2 aliphatic heterocycles. The number of carbonyl (C=O) groups excluding carboxylic acids is 1. The van der Waals surface area contributed by atoms with Crippen molar-refractivity contribution in [1.82, 2.24) is 5.32 Å². The third-order valence-electron chi connectivity index (χ3n) is 4.14. The van der Waals surface area contributed by atoms with Gasteiger partial charge < -0.3 is 19.5 Å². The van der Waals surface area contributed by atoms with Crippen LogP contribution in [0.1, 0.15) is 30.1 Å². The lowest BCUT2D eigenvalue weighted by atomic mass is 9.92. The minimum Gasteiger partial charge on any atom is -0.486 e. The molecule has 21 heavy (non-hydrogen) atoms. The molecule has 1 amide bonds. The molecule has 1 atom stereocenters. The largest absolute Gasteiger partial charge is 0.486 e. The van der Waals surface area contributed by atoms with Gasteiger partial charge in [-0.1, -0.05) is 6.07 Å². The first kappa shape index (κ1) is 14.2. The first-order valence-corrected chi connectivity index (χ1v) is 7.53. The molecule has 2 heterocycles. The molecule has 0 radical (unpaired) electrons. The Bertz CT molecular complexity index is 511. The minimum absolute atomic E-state index is 0.101. The summed E-state index contributed by atoms with van der Waals surface area (Å²) in [6, 6.07) is 5.55. The van der Waals surface area contributed by atoms with Gasteiger partial charge in [0.25, 0.3) is 5.91 Å². The number of rotatable bonds is 3. The lowest BCUT2D eigenvalue weighted by molar-refractivity contribution is 0.0537. The van der Waals surface area contributed by atoms with Crippen LogP contribution in [0.2, 0.25) is 0 Å². The third kappa shape index (κ3) is 3.13. The number of hydrogen-bond donors (Lipinski definition) is 1. The van der Waals surface area contributed by atoms with E-state index in [2.05, 4.69) is 12.2 Å². The van der Waals surface area contributed by atoms with Gasteiger partial charge in [-0.15, -0.1) is 0 Å². The van der Waals surface area contributed by atoms with Crippen molar-refractivity contribution in [3.8, 4) is 11.5 Å². The number of amides is 1. The second-order valence-electron chi connectivity index (χ2n) is 5.54. The van der Waals surface area contributed by atoms with Crippen LogP contribution in [-0.2, 0) is 4.74 Å². The fourth-order valence-corrected chi connectivity index (χ4v) is 2.87. The van der Waals surface area contributed by atoms with E-state index in [1.165, 1.54) is 0 Å². The maximum Gasteiger partial charge on any atom is 0.255 e. The van der Waals surface area contributed by atoms with Crippen LogP contribution >= 0.6 is 0 Å². The summed E-state index contributed by atoms with van der Waals surface area (Å²) in [6.45, 7) is 4.62. The van der Waals surface area contributed by atoms with Gasteiger partial charge in [0.1, 0.15) is 13.2 Å². The summed E-state index contributed by atoms with van der Waals surface area (Å²) >= 11 is 0. The Hall–Kier alpha value is -1.75. The predicted molar refractivity (Wildman–Crippen MR) is 77.9 cm³/mol. The van der Waals surface area contributed by atoms with Crippen molar-refractivity contribution in [2.75, 3.05) is 26.4 Å². The Kier molecular flexibility index (Phi) is 4.29. The summed E-state index contributed by atoms with van der Waals surface area (Å²) < 4.78 is 16.5. The highest BCUT2D eigenvalue weighted by Gasteiger charge is 2.25. The average Bonchev–Trinajstić information content (AvgIpc) is 2.55. The smallest absolute Gasteiger partial charge is 0.255 e. The van der Waals surface area contributed by atoms with Crippen LogP contribution in [0.15, 0.2) is 18.2 Å². The number of ether oxygens (including phenoxy) is 3. The van der Waals surface area contributed by atoms with Crippen molar-refractivity contribution in [3.05, 3.63) is 23.8 Å². The van der Waals surface area contributed by atoms with Crippen LogP contribution in [-0.4, -0.2) is 38.4 Å². The molecule has 3 rings (SSSR count). The highest BCUT2D eigenvalue weighted by Crippen LogP contribution is 2.33. The zero-order valence-electron chi connectivity index (χ0n) is 12.3. The molecule has 0 aliphatic carbocycles. The van der Waals surface area contributed by atoms with Crippen LogP contribution in [0, 0.1) is 5.92 Å². The first-order chi connectivity index (χ1) is 10.3. The SMILES string of the molecule is CC(NC(=O)c1cccc2c1OCCO2)C1CCOCC1. The number of hydrogen-bond acceptors (Lipinski definition) is 4. The minimum atomic E-state index is -0.101. The fourth-order valence-electron chi connectivity index (χ4n) is 2.87. The van der Waals surface area contributed by atoms with Crippen molar-refractivity contribution in [2.45, 2.75) is 25.8 Å². The molecule has 0 saturated carbocycles. The molecule has 2 aliphatic rings. The van der Waals surface area contributed by atoms with Gasteiger partial charge in [0, 0.05) is 19.3 Å². The predicted octanol–water partition coefficient (Wildman–Crippen LogP) is 2.00. The Labute approximate surface area is 124 Å². The van der Waals surface area contributed by atoms with E-state index in [-0.39, 0.29) is 11.9 Å². The van der Waals surface area contributed by atoms with Crippen LogP contribution in [0.3, 0.4) is 0 Å². The number of carbonyl (C=O) groups is 1. The van der Waals surface area contributed by atoms with Crippen LogP contribution in [0.4, 0.5) is 0 Å². The summed E-state index contributed by atoms with van der Waals surface area (Å²) in [5, 5.41) is 3.09. The van der Waals surface area contributed by atoms with E-state index in [1.54, 1.807) is 6.07 Å². The third-order valence-corrected chi connectivity index (χ3v) is 4.14. The van der Waals surface area contributed by atoms with Gasteiger partial charge in [-0.05, 0) is 37.8 Å². The van der Waals surface area contributed by atoms with Crippen molar-refractivity contribution >= 4 is 5.91 Å². The summed E-state index contributed by atoms with van der Waals surface area (Å²) in [5.74, 6) is 1.57. The van der Waals surface area contributed by atoms with Gasteiger partial charge in [-0.25, -0.2) is 0 Å². The van der Waals surface area contributed by atoms with Crippen molar-refractivity contribution in [2.24, 2.45) is 5.92 Å². The summed E-state index contributed by atoms with van der Waals surface area (Å²) in [7, 11) is 0. The van der Waals surface area contributed by atoms with Gasteiger partial charge in [-0.2, -0.15) is 0 Å². The van der Waals surface area contributed by atoms with Gasteiger partial charge in [0.05, 0.1) is 5.56 Å². The molecule has 1 N–H and O–H groups in total. The highest BCUT2D eigenvalue weighted by molar-refractivity contribution is 5.98. The normalized spacial score (nSPS) is 19.9. The molecule has 1 unspecified atom stereocenters. The Morgan fingerprint density at radius 3 is 2.76 bits per heavy atom. The van der Waals surface area contributed by atoms with Crippen molar-refractivity contribution < 1.29 is 19.0 Å². The van der Waals surface area contributed by atoms with Crippen LogP contribution < -0.4 is 14.8 Å². The zero-order chi connectivity index (χ0) is 14.7. The maximum absolute atomic E-state index is 12.5. The van der Waals surface area contributed by atoms with E-state index in [0.717, 1.165) is 26.1 Å².